The van der Waals surface area contributed by atoms with Crippen LogP contribution in [0, 0.1) is 0 Å². The summed E-state index contributed by atoms with van der Waals surface area (Å²) in [6, 6.07) is 0. The van der Waals surface area contributed by atoms with Crippen molar-refractivity contribution in [2.75, 3.05) is 0 Å². The summed E-state index contributed by atoms with van der Waals surface area (Å²) in [4.78, 5) is 10.3. The minimum atomic E-state index is -0.804. The maximum absolute atomic E-state index is 10.3. The topological polar surface area (TPSA) is 57.5 Å². The highest BCUT2D eigenvalue weighted by atomic mass is 16.4. The molecule has 0 bridgehead atoms. The van der Waals surface area contributed by atoms with Crippen LogP contribution in [0.5, 0.6) is 0 Å². The summed E-state index contributed by atoms with van der Waals surface area (Å²) in [6.45, 7) is 2.13. The van der Waals surface area contributed by atoms with Crippen molar-refractivity contribution < 1.29 is 15.0 Å². The molecule has 0 fully saturated rings. The number of aliphatic hydroxyl groups is 1. The van der Waals surface area contributed by atoms with Gasteiger partial charge in [0.25, 0.3) is 0 Å². The molecular weight excluding hydrogens is 300 g/mol. The van der Waals surface area contributed by atoms with Crippen molar-refractivity contribution in [2.45, 2.75) is 51.6 Å². The average molecular weight is 330 g/mol. The molecule has 0 aliphatic rings. The number of rotatable bonds is 13. The largest absolute Gasteiger partial charge is 0.481 e. The predicted molar refractivity (Wildman–Crippen MR) is 102 cm³/mol. The molecular formula is C21H30O3. The first kappa shape index (κ1) is 21.9. The number of allylic oxidation sites excluding steroid dienone is 10. The molecule has 0 amide bonds. The van der Waals surface area contributed by atoms with Crippen molar-refractivity contribution in [3.63, 3.8) is 0 Å². The lowest BCUT2D eigenvalue weighted by molar-refractivity contribution is -0.136. The maximum Gasteiger partial charge on any atom is 0.303 e. The van der Waals surface area contributed by atoms with E-state index in [9.17, 15) is 9.90 Å². The molecule has 0 radical (unpaired) electrons. The van der Waals surface area contributed by atoms with E-state index in [1.807, 2.05) is 30.4 Å². The molecule has 0 rings (SSSR count). The molecule has 0 heterocycles. The van der Waals surface area contributed by atoms with Crippen LogP contribution in [0.25, 0.3) is 0 Å². The Labute approximate surface area is 146 Å². The Morgan fingerprint density at radius 1 is 0.875 bits per heavy atom. The third-order valence-electron chi connectivity index (χ3n) is 2.99. The van der Waals surface area contributed by atoms with Gasteiger partial charge in [-0.05, 0) is 32.1 Å². The highest BCUT2D eigenvalue weighted by Gasteiger charge is 1.94. The van der Waals surface area contributed by atoms with Gasteiger partial charge in [0.15, 0.2) is 0 Å². The zero-order valence-corrected chi connectivity index (χ0v) is 14.6. The fraction of sp³-hybridized carbons (Fsp3) is 0.381. The van der Waals surface area contributed by atoms with Gasteiger partial charge in [0.05, 0.1) is 6.10 Å². The van der Waals surface area contributed by atoms with Crippen LogP contribution >= 0.6 is 0 Å². The molecule has 1 atom stereocenters. The van der Waals surface area contributed by atoms with Crippen LogP contribution in [-0.2, 0) is 4.79 Å². The Bertz CT molecular complexity index is 479. The van der Waals surface area contributed by atoms with E-state index in [-0.39, 0.29) is 6.42 Å². The first-order valence-corrected chi connectivity index (χ1v) is 8.51. The smallest absolute Gasteiger partial charge is 0.303 e. The van der Waals surface area contributed by atoms with Crippen LogP contribution in [-0.4, -0.2) is 22.3 Å². The Kier molecular flexibility index (Phi) is 15.7. The monoisotopic (exact) mass is 330 g/mol. The van der Waals surface area contributed by atoms with Gasteiger partial charge >= 0.3 is 5.97 Å². The van der Waals surface area contributed by atoms with Gasteiger partial charge in [-0.15, -0.1) is 0 Å². The van der Waals surface area contributed by atoms with Gasteiger partial charge in [-0.25, -0.2) is 0 Å². The zero-order chi connectivity index (χ0) is 17.9. The van der Waals surface area contributed by atoms with Gasteiger partial charge in [-0.3, -0.25) is 4.79 Å². The fourth-order valence-corrected chi connectivity index (χ4v) is 1.73. The van der Waals surface area contributed by atoms with Crippen LogP contribution in [0.4, 0.5) is 0 Å². The molecule has 0 saturated heterocycles. The summed E-state index contributed by atoms with van der Waals surface area (Å²) in [5.74, 6) is -0.804. The molecule has 24 heavy (non-hydrogen) atoms. The van der Waals surface area contributed by atoms with E-state index in [1.54, 1.807) is 12.2 Å². The molecule has 0 saturated carbocycles. The van der Waals surface area contributed by atoms with E-state index >= 15 is 0 Å². The van der Waals surface area contributed by atoms with Crippen molar-refractivity contribution in [2.24, 2.45) is 0 Å². The van der Waals surface area contributed by atoms with Crippen molar-refractivity contribution in [1.29, 1.82) is 0 Å². The minimum absolute atomic E-state index is 0.127. The molecule has 0 aromatic carbocycles. The molecule has 0 aliphatic heterocycles. The van der Waals surface area contributed by atoms with Gasteiger partial charge in [-0.1, -0.05) is 79.8 Å². The Morgan fingerprint density at radius 2 is 1.54 bits per heavy atom. The quantitative estimate of drug-likeness (QED) is 0.363. The van der Waals surface area contributed by atoms with Gasteiger partial charge in [0, 0.05) is 6.42 Å². The van der Waals surface area contributed by atoms with Gasteiger partial charge in [0.1, 0.15) is 0 Å². The standard InChI is InChI=1S/C21H30O3/c1-2-3-4-5-6-7-8-9-10-11-12-14-17-20(22)18-15-13-16-19-21(23)24/h3-4,6-7,9-15,17,20,22H,2,5,8,16,18-19H2,1H3,(H,23,24)/b4-3-,7-6-,10-9-,12-11-,15-13-,17-14+/t20-/m1/s1. The van der Waals surface area contributed by atoms with E-state index in [0.717, 1.165) is 19.3 Å². The predicted octanol–water partition coefficient (Wildman–Crippen LogP) is 5.13. The Balaban J connectivity index is 3.76. The van der Waals surface area contributed by atoms with E-state index in [0.29, 0.717) is 12.8 Å². The molecule has 0 aromatic heterocycles. The summed E-state index contributed by atoms with van der Waals surface area (Å²) in [7, 11) is 0. The second kappa shape index (κ2) is 17.2. The van der Waals surface area contributed by atoms with E-state index < -0.39 is 12.1 Å². The Morgan fingerprint density at radius 3 is 2.25 bits per heavy atom. The number of aliphatic carboxylic acids is 1. The summed E-state index contributed by atoms with van der Waals surface area (Å²) in [5, 5.41) is 18.2. The lowest BCUT2D eigenvalue weighted by atomic mass is 10.2. The summed E-state index contributed by atoms with van der Waals surface area (Å²) >= 11 is 0. The lowest BCUT2D eigenvalue weighted by Gasteiger charge is -1.98. The van der Waals surface area contributed by atoms with Crippen molar-refractivity contribution >= 4 is 5.97 Å². The van der Waals surface area contributed by atoms with Crippen LogP contribution < -0.4 is 0 Å². The van der Waals surface area contributed by atoms with E-state index in [2.05, 4.69) is 37.3 Å². The van der Waals surface area contributed by atoms with Crippen LogP contribution in [0.2, 0.25) is 0 Å². The lowest BCUT2D eigenvalue weighted by Crippen LogP contribution is -1.99. The molecule has 132 valence electrons. The van der Waals surface area contributed by atoms with Gasteiger partial charge in [-0.2, -0.15) is 0 Å². The fourth-order valence-electron chi connectivity index (χ4n) is 1.73. The first-order valence-electron chi connectivity index (χ1n) is 8.51. The second-order valence-corrected chi connectivity index (χ2v) is 5.23. The van der Waals surface area contributed by atoms with E-state index in [1.165, 1.54) is 0 Å². The third kappa shape index (κ3) is 17.9. The zero-order valence-electron chi connectivity index (χ0n) is 14.6. The van der Waals surface area contributed by atoms with Crippen LogP contribution in [0.15, 0.2) is 72.9 Å². The second-order valence-electron chi connectivity index (χ2n) is 5.23. The van der Waals surface area contributed by atoms with Gasteiger partial charge < -0.3 is 10.2 Å². The number of carbonyl (C=O) groups is 1. The first-order chi connectivity index (χ1) is 11.7. The van der Waals surface area contributed by atoms with Crippen molar-refractivity contribution in [3.05, 3.63) is 72.9 Å². The molecule has 2 N–H and O–H groups in total. The summed E-state index contributed by atoms with van der Waals surface area (Å²) in [5.41, 5.74) is 0. The normalized spacial score (nSPS) is 14.4. The Hall–Kier alpha value is -2.13. The molecule has 0 spiro atoms. The molecule has 0 unspecified atom stereocenters. The number of hydrogen-bond acceptors (Lipinski definition) is 2. The minimum Gasteiger partial charge on any atom is -0.481 e. The molecule has 3 heteroatoms. The van der Waals surface area contributed by atoms with E-state index in [4.69, 9.17) is 5.11 Å². The highest BCUT2D eigenvalue weighted by Crippen LogP contribution is 1.99. The maximum atomic E-state index is 10.3. The van der Waals surface area contributed by atoms with Crippen molar-refractivity contribution in [3.8, 4) is 0 Å². The number of aliphatic hydroxyl groups excluding tert-OH is 1. The highest BCUT2D eigenvalue weighted by molar-refractivity contribution is 5.66. The molecule has 0 aliphatic carbocycles. The summed E-state index contributed by atoms with van der Waals surface area (Å²) in [6.07, 6.45) is 27.2. The number of hydrogen-bond donors (Lipinski definition) is 2. The molecule has 3 nitrogen and oxygen atoms in total. The SMILES string of the molecule is CC/C=C\C/C=C\C\C=C/C=C\C=C\[C@@H](O)C/C=C\CCC(=O)O. The van der Waals surface area contributed by atoms with Crippen LogP contribution in [0.1, 0.15) is 45.4 Å². The number of carboxylic acids is 1. The van der Waals surface area contributed by atoms with Gasteiger partial charge in [0.2, 0.25) is 0 Å². The van der Waals surface area contributed by atoms with Crippen LogP contribution in [0.3, 0.4) is 0 Å². The average Bonchev–Trinajstić information content (AvgIpc) is 2.55. The summed E-state index contributed by atoms with van der Waals surface area (Å²) < 4.78 is 0. The van der Waals surface area contributed by atoms with Crippen molar-refractivity contribution in [1.82, 2.24) is 0 Å². The third-order valence-corrected chi connectivity index (χ3v) is 2.99. The number of carboxylic acid groups (broad SMARTS) is 1. The molecule has 0 aromatic rings.